The molecule has 0 amide bonds. The van der Waals surface area contributed by atoms with E-state index in [2.05, 4.69) is 26.1 Å². The number of rotatable bonds is 5. The van der Waals surface area contributed by atoms with E-state index in [0.717, 1.165) is 18.5 Å². The highest BCUT2D eigenvalue weighted by Gasteiger charge is 2.32. The molecule has 2 unspecified atom stereocenters. The smallest absolute Gasteiger partial charge is 0.145 e. The van der Waals surface area contributed by atoms with Crippen LogP contribution >= 0.6 is 11.6 Å². The first-order valence-electron chi connectivity index (χ1n) is 7.66. The average molecular weight is 298 g/mol. The second-order valence-electron chi connectivity index (χ2n) is 6.40. The standard InChI is InChI=1S/C17H25ClFN/c1-4-17(3,5-2)10-13-9-12(11-20-13)14-7-6-8-15(18)16(14)19/h6-8,12-13,20H,4-5,9-11H2,1-3H3. The predicted molar refractivity (Wildman–Crippen MR) is 83.9 cm³/mol. The molecule has 1 aliphatic heterocycles. The zero-order valence-corrected chi connectivity index (χ0v) is 13.4. The van der Waals surface area contributed by atoms with Crippen LogP contribution in [0.2, 0.25) is 5.02 Å². The molecule has 1 aliphatic rings. The molecule has 0 radical (unpaired) electrons. The second kappa shape index (κ2) is 6.44. The van der Waals surface area contributed by atoms with Crippen LogP contribution < -0.4 is 5.32 Å². The minimum Gasteiger partial charge on any atom is -0.313 e. The van der Waals surface area contributed by atoms with Gasteiger partial charge in [0, 0.05) is 18.5 Å². The lowest BCUT2D eigenvalue weighted by molar-refractivity contribution is 0.241. The monoisotopic (exact) mass is 297 g/mol. The van der Waals surface area contributed by atoms with Gasteiger partial charge in [-0.05, 0) is 29.9 Å². The van der Waals surface area contributed by atoms with Crippen molar-refractivity contribution in [3.63, 3.8) is 0 Å². The Kier molecular flexibility index (Phi) is 5.09. The Bertz CT molecular complexity index is 456. The molecular formula is C17H25ClFN. The molecule has 0 aromatic heterocycles. The fourth-order valence-corrected chi connectivity index (χ4v) is 3.36. The van der Waals surface area contributed by atoms with E-state index in [1.165, 1.54) is 19.3 Å². The molecule has 2 rings (SSSR count). The van der Waals surface area contributed by atoms with Gasteiger partial charge in [0.25, 0.3) is 0 Å². The summed E-state index contributed by atoms with van der Waals surface area (Å²) in [6.07, 6.45) is 4.56. The second-order valence-corrected chi connectivity index (χ2v) is 6.81. The van der Waals surface area contributed by atoms with Gasteiger partial charge in [-0.1, -0.05) is 57.3 Å². The Morgan fingerprint density at radius 1 is 1.35 bits per heavy atom. The third kappa shape index (κ3) is 3.35. The Labute approximate surface area is 126 Å². The van der Waals surface area contributed by atoms with Crippen LogP contribution in [0, 0.1) is 11.2 Å². The van der Waals surface area contributed by atoms with Crippen LogP contribution in [0.25, 0.3) is 0 Å². The molecule has 2 atom stereocenters. The lowest BCUT2D eigenvalue weighted by Gasteiger charge is -2.30. The van der Waals surface area contributed by atoms with Crippen LogP contribution in [-0.4, -0.2) is 12.6 Å². The van der Waals surface area contributed by atoms with E-state index in [9.17, 15) is 4.39 Å². The summed E-state index contributed by atoms with van der Waals surface area (Å²) >= 11 is 5.88. The highest BCUT2D eigenvalue weighted by Crippen LogP contribution is 2.37. The average Bonchev–Trinajstić information content (AvgIpc) is 2.89. The van der Waals surface area contributed by atoms with Gasteiger partial charge in [-0.15, -0.1) is 0 Å². The maximum Gasteiger partial charge on any atom is 0.145 e. The molecule has 0 saturated carbocycles. The maximum absolute atomic E-state index is 14.1. The van der Waals surface area contributed by atoms with Crippen molar-refractivity contribution in [2.45, 2.75) is 58.4 Å². The molecule has 1 heterocycles. The van der Waals surface area contributed by atoms with Gasteiger partial charge in [-0.25, -0.2) is 4.39 Å². The van der Waals surface area contributed by atoms with Crippen molar-refractivity contribution >= 4 is 11.6 Å². The third-order valence-corrected chi connectivity index (χ3v) is 5.38. The van der Waals surface area contributed by atoms with E-state index in [1.54, 1.807) is 6.07 Å². The summed E-state index contributed by atoms with van der Waals surface area (Å²) < 4.78 is 14.1. The quantitative estimate of drug-likeness (QED) is 0.793. The van der Waals surface area contributed by atoms with E-state index >= 15 is 0 Å². The van der Waals surface area contributed by atoms with Crippen molar-refractivity contribution < 1.29 is 4.39 Å². The molecule has 0 aliphatic carbocycles. The van der Waals surface area contributed by atoms with Crippen LogP contribution in [0.4, 0.5) is 4.39 Å². The van der Waals surface area contributed by atoms with Crippen molar-refractivity contribution in [1.82, 2.24) is 5.32 Å². The van der Waals surface area contributed by atoms with Crippen LogP contribution in [0.1, 0.15) is 57.9 Å². The molecule has 0 bridgehead atoms. The third-order valence-electron chi connectivity index (χ3n) is 5.09. The number of nitrogens with one attached hydrogen (secondary N) is 1. The van der Waals surface area contributed by atoms with E-state index in [-0.39, 0.29) is 16.8 Å². The number of hydrogen-bond acceptors (Lipinski definition) is 1. The van der Waals surface area contributed by atoms with Gasteiger partial charge in [0.1, 0.15) is 5.82 Å². The predicted octanol–water partition coefficient (Wildman–Crippen LogP) is 5.14. The number of hydrogen-bond donors (Lipinski definition) is 1. The highest BCUT2D eigenvalue weighted by molar-refractivity contribution is 6.30. The molecule has 1 nitrogen and oxygen atoms in total. The molecule has 20 heavy (non-hydrogen) atoms. The summed E-state index contributed by atoms with van der Waals surface area (Å²) in [5.41, 5.74) is 1.15. The molecule has 1 saturated heterocycles. The Morgan fingerprint density at radius 3 is 2.70 bits per heavy atom. The van der Waals surface area contributed by atoms with E-state index in [1.807, 2.05) is 12.1 Å². The van der Waals surface area contributed by atoms with Crippen LogP contribution in [0.3, 0.4) is 0 Å². The normalized spacial score (nSPS) is 23.2. The van der Waals surface area contributed by atoms with Gasteiger partial charge in [0.15, 0.2) is 0 Å². The van der Waals surface area contributed by atoms with Gasteiger partial charge in [0.05, 0.1) is 5.02 Å². The largest absolute Gasteiger partial charge is 0.313 e. The van der Waals surface area contributed by atoms with E-state index < -0.39 is 0 Å². The van der Waals surface area contributed by atoms with Crippen LogP contribution in [-0.2, 0) is 0 Å². The van der Waals surface area contributed by atoms with Crippen LogP contribution in [0.5, 0.6) is 0 Å². The van der Waals surface area contributed by atoms with E-state index in [0.29, 0.717) is 11.5 Å². The molecule has 112 valence electrons. The van der Waals surface area contributed by atoms with Crippen LogP contribution in [0.15, 0.2) is 18.2 Å². The molecular weight excluding hydrogens is 273 g/mol. The first kappa shape index (κ1) is 15.8. The molecule has 1 fully saturated rings. The summed E-state index contributed by atoms with van der Waals surface area (Å²) in [6, 6.07) is 5.82. The highest BCUT2D eigenvalue weighted by atomic mass is 35.5. The van der Waals surface area contributed by atoms with Crippen molar-refractivity contribution in [3.8, 4) is 0 Å². The first-order chi connectivity index (χ1) is 9.49. The van der Waals surface area contributed by atoms with Crippen molar-refractivity contribution in [2.24, 2.45) is 5.41 Å². The van der Waals surface area contributed by atoms with Gasteiger partial charge in [0.2, 0.25) is 0 Å². The fraction of sp³-hybridized carbons (Fsp3) is 0.647. The molecule has 0 spiro atoms. The molecule has 3 heteroatoms. The minimum absolute atomic E-state index is 0.234. The number of halogens is 2. The van der Waals surface area contributed by atoms with Crippen molar-refractivity contribution in [2.75, 3.05) is 6.54 Å². The van der Waals surface area contributed by atoms with Gasteiger partial charge >= 0.3 is 0 Å². The SMILES string of the molecule is CCC(C)(CC)CC1CC(c2cccc(Cl)c2F)CN1. The zero-order valence-electron chi connectivity index (χ0n) is 12.7. The summed E-state index contributed by atoms with van der Waals surface area (Å²) in [7, 11) is 0. The van der Waals surface area contributed by atoms with Gasteiger partial charge < -0.3 is 5.32 Å². The Hall–Kier alpha value is -0.600. The topological polar surface area (TPSA) is 12.0 Å². The molecule has 1 aromatic carbocycles. The zero-order chi connectivity index (χ0) is 14.8. The molecule has 1 N–H and O–H groups in total. The summed E-state index contributed by atoms with van der Waals surface area (Å²) in [6.45, 7) is 7.71. The minimum atomic E-state index is -0.240. The fourth-order valence-electron chi connectivity index (χ4n) is 3.18. The van der Waals surface area contributed by atoms with Crippen molar-refractivity contribution in [3.05, 3.63) is 34.6 Å². The Morgan fingerprint density at radius 2 is 2.05 bits per heavy atom. The van der Waals surface area contributed by atoms with Gasteiger partial charge in [-0.2, -0.15) is 0 Å². The lowest BCUT2D eigenvalue weighted by Crippen LogP contribution is -2.29. The lowest BCUT2D eigenvalue weighted by atomic mass is 9.78. The first-order valence-corrected chi connectivity index (χ1v) is 8.04. The van der Waals surface area contributed by atoms with Gasteiger partial charge in [-0.3, -0.25) is 0 Å². The van der Waals surface area contributed by atoms with Crippen molar-refractivity contribution in [1.29, 1.82) is 0 Å². The number of benzene rings is 1. The summed E-state index contributed by atoms with van der Waals surface area (Å²) in [5.74, 6) is 0.00650. The maximum atomic E-state index is 14.1. The summed E-state index contributed by atoms with van der Waals surface area (Å²) in [4.78, 5) is 0. The van der Waals surface area contributed by atoms with E-state index in [4.69, 9.17) is 11.6 Å². The summed E-state index contributed by atoms with van der Waals surface area (Å²) in [5, 5.41) is 3.80. The Balaban J connectivity index is 2.04. The molecule has 1 aromatic rings.